The molecule has 0 aromatic heterocycles. The van der Waals surface area contributed by atoms with E-state index in [1.807, 2.05) is 0 Å². The van der Waals surface area contributed by atoms with Crippen LogP contribution in [0.4, 0.5) is 0 Å². The van der Waals surface area contributed by atoms with Gasteiger partial charge in [-0.05, 0) is 0 Å². The number of hydrogen-bond acceptors (Lipinski definition) is 5. The summed E-state index contributed by atoms with van der Waals surface area (Å²) < 4.78 is 19.8. The highest BCUT2D eigenvalue weighted by Gasteiger charge is 2.48. The first-order chi connectivity index (χ1) is 6.18. The number of carbonyl (C=O) groups excluding carboxylic acids is 1. The quantitative estimate of drug-likeness (QED) is 0.598. The predicted molar refractivity (Wildman–Crippen MR) is 42.9 cm³/mol. The Morgan fingerprint density at radius 2 is 2.15 bits per heavy atom. The van der Waals surface area contributed by atoms with Crippen LogP contribution in [-0.2, 0) is 23.7 Å². The van der Waals surface area contributed by atoms with E-state index in [1.165, 1.54) is 21.3 Å². The van der Waals surface area contributed by atoms with Gasteiger partial charge in [-0.3, -0.25) is 0 Å². The minimum absolute atomic E-state index is 0.390. The zero-order valence-corrected chi connectivity index (χ0v) is 8.03. The monoisotopic (exact) mass is 190 g/mol. The number of hydrogen-bond donors (Lipinski definition) is 0. The van der Waals surface area contributed by atoms with Crippen LogP contribution in [0.2, 0.25) is 0 Å². The second kappa shape index (κ2) is 4.04. The molecule has 0 aromatic rings. The third kappa shape index (κ3) is 1.82. The average Bonchev–Trinajstić information content (AvgIpc) is 2.61. The van der Waals surface area contributed by atoms with Crippen molar-refractivity contribution in [3.05, 3.63) is 0 Å². The molecule has 0 N–H and O–H groups in total. The normalized spacial score (nSPS) is 33.3. The number of ether oxygens (including phenoxy) is 4. The molecule has 76 valence electrons. The number of rotatable bonds is 3. The van der Waals surface area contributed by atoms with Gasteiger partial charge in [-0.1, -0.05) is 0 Å². The summed E-state index contributed by atoms with van der Waals surface area (Å²) in [5, 5.41) is 0. The van der Waals surface area contributed by atoms with Crippen molar-refractivity contribution < 1.29 is 23.7 Å². The van der Waals surface area contributed by atoms with Crippen LogP contribution < -0.4 is 0 Å². The van der Waals surface area contributed by atoms with Crippen LogP contribution in [0.5, 0.6) is 0 Å². The van der Waals surface area contributed by atoms with E-state index in [9.17, 15) is 4.79 Å². The molecule has 2 atom stereocenters. The van der Waals surface area contributed by atoms with Crippen molar-refractivity contribution in [3.8, 4) is 0 Å². The van der Waals surface area contributed by atoms with Gasteiger partial charge in [-0.15, -0.1) is 0 Å². The summed E-state index contributed by atoms with van der Waals surface area (Å²) in [5.41, 5.74) is 0. The fourth-order valence-electron chi connectivity index (χ4n) is 1.34. The van der Waals surface area contributed by atoms with Crippen molar-refractivity contribution in [3.63, 3.8) is 0 Å². The van der Waals surface area contributed by atoms with E-state index in [2.05, 4.69) is 4.74 Å². The molecule has 0 aliphatic carbocycles. The lowest BCUT2D eigenvalue weighted by Gasteiger charge is -2.23. The SMILES string of the molecule is COC(=O)[C@]1(OC)CC[C@H](OC)O1. The number of esters is 1. The fraction of sp³-hybridized carbons (Fsp3) is 0.875. The Bertz CT molecular complexity index is 193. The van der Waals surface area contributed by atoms with Gasteiger partial charge in [-0.2, -0.15) is 0 Å². The van der Waals surface area contributed by atoms with Crippen molar-refractivity contribution in [1.82, 2.24) is 0 Å². The molecule has 5 nitrogen and oxygen atoms in total. The van der Waals surface area contributed by atoms with E-state index in [0.717, 1.165) is 0 Å². The summed E-state index contributed by atoms with van der Waals surface area (Å²) >= 11 is 0. The molecule has 13 heavy (non-hydrogen) atoms. The van der Waals surface area contributed by atoms with Crippen LogP contribution in [0.15, 0.2) is 0 Å². The van der Waals surface area contributed by atoms with E-state index in [1.54, 1.807) is 0 Å². The Kier molecular flexibility index (Phi) is 3.24. The molecule has 1 aliphatic rings. The molecule has 0 saturated carbocycles. The average molecular weight is 190 g/mol. The van der Waals surface area contributed by atoms with E-state index < -0.39 is 11.8 Å². The molecule has 1 saturated heterocycles. The molecule has 0 unspecified atom stereocenters. The second-order valence-electron chi connectivity index (χ2n) is 2.77. The highest BCUT2D eigenvalue weighted by Crippen LogP contribution is 2.32. The van der Waals surface area contributed by atoms with Gasteiger partial charge in [0.25, 0.3) is 5.79 Å². The van der Waals surface area contributed by atoms with Crippen LogP contribution in [-0.4, -0.2) is 39.4 Å². The zero-order valence-electron chi connectivity index (χ0n) is 8.03. The van der Waals surface area contributed by atoms with Gasteiger partial charge in [0.1, 0.15) is 0 Å². The highest BCUT2D eigenvalue weighted by molar-refractivity contribution is 5.78. The van der Waals surface area contributed by atoms with Crippen LogP contribution in [0.1, 0.15) is 12.8 Å². The van der Waals surface area contributed by atoms with Gasteiger partial charge >= 0.3 is 5.97 Å². The number of methoxy groups -OCH3 is 3. The summed E-state index contributed by atoms with van der Waals surface area (Å²) in [7, 11) is 4.23. The molecule has 0 amide bonds. The number of carbonyl (C=O) groups is 1. The standard InChI is InChI=1S/C8H14O5/c1-10-6-4-5-8(12-3,13-6)7(9)11-2/h6H,4-5H2,1-3H3/t6-,8+/m1/s1. The molecule has 1 aliphatic heterocycles. The molecular formula is C8H14O5. The van der Waals surface area contributed by atoms with Gasteiger partial charge in [-0.25, -0.2) is 4.79 Å². The van der Waals surface area contributed by atoms with Gasteiger partial charge in [0.15, 0.2) is 6.29 Å². The van der Waals surface area contributed by atoms with Crippen LogP contribution in [0, 0.1) is 0 Å². The van der Waals surface area contributed by atoms with Gasteiger partial charge in [0.2, 0.25) is 0 Å². The van der Waals surface area contributed by atoms with Crippen LogP contribution in [0.25, 0.3) is 0 Å². The summed E-state index contributed by atoms with van der Waals surface area (Å²) in [6, 6.07) is 0. The molecule has 1 fully saturated rings. The highest BCUT2D eigenvalue weighted by atomic mass is 16.8. The van der Waals surface area contributed by atoms with Gasteiger partial charge < -0.3 is 18.9 Å². The molecule has 0 radical (unpaired) electrons. The van der Waals surface area contributed by atoms with E-state index in [0.29, 0.717) is 12.8 Å². The van der Waals surface area contributed by atoms with Gasteiger partial charge in [0.05, 0.1) is 7.11 Å². The van der Waals surface area contributed by atoms with Crippen molar-refractivity contribution in [2.24, 2.45) is 0 Å². The van der Waals surface area contributed by atoms with Crippen LogP contribution >= 0.6 is 0 Å². The van der Waals surface area contributed by atoms with E-state index >= 15 is 0 Å². The van der Waals surface area contributed by atoms with Crippen molar-refractivity contribution in [1.29, 1.82) is 0 Å². The van der Waals surface area contributed by atoms with Crippen molar-refractivity contribution >= 4 is 5.97 Å². The molecule has 1 heterocycles. The smallest absolute Gasteiger partial charge is 0.366 e. The molecular weight excluding hydrogens is 176 g/mol. The lowest BCUT2D eigenvalue weighted by atomic mass is 10.2. The predicted octanol–water partition coefficient (Wildman–Crippen LogP) is 0.285. The lowest BCUT2D eigenvalue weighted by Crippen LogP contribution is -2.41. The summed E-state index contributed by atoms with van der Waals surface area (Å²) in [4.78, 5) is 11.3. The first-order valence-electron chi connectivity index (χ1n) is 4.02. The Hall–Kier alpha value is -0.650. The Morgan fingerprint density at radius 3 is 2.54 bits per heavy atom. The summed E-state index contributed by atoms with van der Waals surface area (Å²) in [6.45, 7) is 0. The Labute approximate surface area is 76.9 Å². The van der Waals surface area contributed by atoms with Crippen molar-refractivity contribution in [2.45, 2.75) is 24.9 Å². The largest absolute Gasteiger partial charge is 0.465 e. The van der Waals surface area contributed by atoms with E-state index in [-0.39, 0.29) is 6.29 Å². The minimum Gasteiger partial charge on any atom is -0.465 e. The second-order valence-corrected chi connectivity index (χ2v) is 2.77. The molecule has 0 aromatic carbocycles. The summed E-state index contributed by atoms with van der Waals surface area (Å²) in [5.74, 6) is -1.79. The third-order valence-corrected chi connectivity index (χ3v) is 2.12. The summed E-state index contributed by atoms with van der Waals surface area (Å²) in [6.07, 6.45) is 0.688. The zero-order chi connectivity index (χ0) is 9.90. The molecule has 1 rings (SSSR count). The maximum atomic E-state index is 11.3. The van der Waals surface area contributed by atoms with E-state index in [4.69, 9.17) is 14.2 Å². The third-order valence-electron chi connectivity index (χ3n) is 2.12. The van der Waals surface area contributed by atoms with Crippen molar-refractivity contribution in [2.75, 3.05) is 21.3 Å². The Balaban J connectivity index is 2.67. The lowest BCUT2D eigenvalue weighted by molar-refractivity contribution is -0.259. The topological polar surface area (TPSA) is 54.0 Å². The maximum Gasteiger partial charge on any atom is 0.366 e. The molecule has 5 heteroatoms. The maximum absolute atomic E-state index is 11.3. The van der Waals surface area contributed by atoms with Crippen LogP contribution in [0.3, 0.4) is 0 Å². The first kappa shape index (κ1) is 10.4. The fourth-order valence-corrected chi connectivity index (χ4v) is 1.34. The molecule has 0 spiro atoms. The minimum atomic E-state index is -1.27. The van der Waals surface area contributed by atoms with Gasteiger partial charge in [0, 0.05) is 27.1 Å². The first-order valence-corrected chi connectivity index (χ1v) is 4.02. The Morgan fingerprint density at radius 1 is 1.46 bits per heavy atom. The molecule has 0 bridgehead atoms.